The lowest BCUT2D eigenvalue weighted by Crippen LogP contribution is -2.01. The van der Waals surface area contributed by atoms with Crippen LogP contribution in [0.4, 0.5) is 4.39 Å². The van der Waals surface area contributed by atoms with Crippen LogP contribution in [0.3, 0.4) is 0 Å². The van der Waals surface area contributed by atoms with Crippen molar-refractivity contribution in [2.24, 2.45) is 5.90 Å². The lowest BCUT2D eigenvalue weighted by atomic mass is 10.1. The van der Waals surface area contributed by atoms with Crippen molar-refractivity contribution in [3.8, 4) is 0 Å². The molecule has 2 N–H and O–H groups in total. The molecule has 1 aromatic carbocycles. The molecule has 13 heavy (non-hydrogen) atoms. The van der Waals surface area contributed by atoms with Crippen LogP contribution >= 0.6 is 0 Å². The summed E-state index contributed by atoms with van der Waals surface area (Å²) in [6.07, 6.45) is -0.368. The van der Waals surface area contributed by atoms with E-state index in [1.165, 1.54) is 0 Å². The zero-order chi connectivity index (χ0) is 9.68. The average molecular weight is 183 g/mol. The molecule has 0 saturated carbocycles. The van der Waals surface area contributed by atoms with Gasteiger partial charge in [0, 0.05) is 6.42 Å². The molecule has 0 bridgehead atoms. The number of nitrogens with two attached hydrogens (primary N) is 1. The van der Waals surface area contributed by atoms with E-state index in [0.29, 0.717) is 13.0 Å². The molecular formula is C10H14FNO. The van der Waals surface area contributed by atoms with E-state index in [4.69, 9.17) is 5.90 Å². The number of benzene rings is 1. The van der Waals surface area contributed by atoms with Gasteiger partial charge in [-0.05, 0) is 18.1 Å². The van der Waals surface area contributed by atoms with Gasteiger partial charge >= 0.3 is 0 Å². The molecule has 3 heteroatoms. The van der Waals surface area contributed by atoms with Crippen molar-refractivity contribution in [1.29, 1.82) is 0 Å². The van der Waals surface area contributed by atoms with Gasteiger partial charge < -0.3 is 0 Å². The van der Waals surface area contributed by atoms with E-state index in [2.05, 4.69) is 4.84 Å². The lowest BCUT2D eigenvalue weighted by molar-refractivity contribution is 0.124. The van der Waals surface area contributed by atoms with Crippen molar-refractivity contribution >= 4 is 0 Å². The molecule has 0 fully saturated rings. The average Bonchev–Trinajstić information content (AvgIpc) is 2.04. The predicted molar refractivity (Wildman–Crippen MR) is 49.7 cm³/mol. The molecule has 0 aliphatic carbocycles. The summed E-state index contributed by atoms with van der Waals surface area (Å²) in [6.45, 7) is 1.92. The van der Waals surface area contributed by atoms with Crippen LogP contribution in [0.5, 0.6) is 0 Å². The van der Waals surface area contributed by atoms with E-state index in [0.717, 1.165) is 11.1 Å². The van der Waals surface area contributed by atoms with E-state index >= 15 is 0 Å². The molecule has 1 aromatic rings. The Kier molecular flexibility index (Phi) is 3.86. The Bertz CT molecular complexity index is 263. The van der Waals surface area contributed by atoms with Crippen LogP contribution in [0, 0.1) is 0 Å². The standard InChI is InChI=1S/C10H14FNO/c1-8(11)5-9-3-2-4-10(6-9)7-13-12/h2-4,6,8H,5,7,12H2,1H3. The van der Waals surface area contributed by atoms with Gasteiger partial charge in [0.05, 0.1) is 6.61 Å². The first kappa shape index (κ1) is 10.2. The molecule has 0 spiro atoms. The summed E-state index contributed by atoms with van der Waals surface area (Å²) in [5.74, 6) is 4.94. The highest BCUT2D eigenvalue weighted by Crippen LogP contribution is 2.09. The van der Waals surface area contributed by atoms with Crippen molar-refractivity contribution in [1.82, 2.24) is 0 Å². The Morgan fingerprint density at radius 3 is 2.77 bits per heavy atom. The minimum atomic E-state index is -0.811. The smallest absolute Gasteiger partial charge is 0.101 e. The Labute approximate surface area is 77.5 Å². The molecule has 0 aromatic heterocycles. The van der Waals surface area contributed by atoms with Crippen LogP contribution in [0.15, 0.2) is 24.3 Å². The molecule has 0 aliphatic rings. The number of rotatable bonds is 4. The third-order valence-corrected chi connectivity index (χ3v) is 1.76. The van der Waals surface area contributed by atoms with Gasteiger partial charge in [0.25, 0.3) is 0 Å². The zero-order valence-electron chi connectivity index (χ0n) is 7.66. The van der Waals surface area contributed by atoms with Crippen LogP contribution in [0.2, 0.25) is 0 Å². The summed E-state index contributed by atoms with van der Waals surface area (Å²) in [7, 11) is 0. The fraction of sp³-hybridized carbons (Fsp3) is 0.400. The van der Waals surface area contributed by atoms with Gasteiger partial charge in [-0.2, -0.15) is 0 Å². The fourth-order valence-corrected chi connectivity index (χ4v) is 1.27. The first-order chi connectivity index (χ1) is 6.22. The normalized spacial score (nSPS) is 12.8. The second-order valence-electron chi connectivity index (χ2n) is 3.12. The molecule has 0 heterocycles. The lowest BCUT2D eigenvalue weighted by Gasteiger charge is -2.04. The van der Waals surface area contributed by atoms with Gasteiger partial charge in [-0.1, -0.05) is 24.3 Å². The first-order valence-corrected chi connectivity index (χ1v) is 4.26. The number of alkyl halides is 1. The minimum Gasteiger partial charge on any atom is -0.300 e. The maximum absolute atomic E-state index is 12.6. The van der Waals surface area contributed by atoms with Crippen molar-refractivity contribution in [2.45, 2.75) is 26.1 Å². The second kappa shape index (κ2) is 4.94. The summed E-state index contributed by atoms with van der Waals surface area (Å²) >= 11 is 0. The highest BCUT2D eigenvalue weighted by molar-refractivity contribution is 5.23. The summed E-state index contributed by atoms with van der Waals surface area (Å²) < 4.78 is 12.6. The van der Waals surface area contributed by atoms with Crippen LogP contribution in [0.1, 0.15) is 18.1 Å². The molecule has 2 nitrogen and oxygen atoms in total. The fourth-order valence-electron chi connectivity index (χ4n) is 1.27. The Balaban J connectivity index is 2.67. The van der Waals surface area contributed by atoms with Crippen molar-refractivity contribution in [3.63, 3.8) is 0 Å². The van der Waals surface area contributed by atoms with Gasteiger partial charge in [-0.15, -0.1) is 0 Å². The maximum atomic E-state index is 12.6. The maximum Gasteiger partial charge on any atom is 0.101 e. The number of hydrogen-bond acceptors (Lipinski definition) is 2. The van der Waals surface area contributed by atoms with E-state index in [1.54, 1.807) is 6.92 Å². The van der Waals surface area contributed by atoms with Crippen LogP contribution < -0.4 is 5.90 Å². The predicted octanol–water partition coefficient (Wildman–Crippen LogP) is 1.98. The summed E-state index contributed by atoms with van der Waals surface area (Å²) in [5, 5.41) is 0. The van der Waals surface area contributed by atoms with Crippen molar-refractivity contribution < 1.29 is 9.23 Å². The quantitative estimate of drug-likeness (QED) is 0.724. The molecule has 1 unspecified atom stereocenters. The molecule has 0 saturated heterocycles. The third kappa shape index (κ3) is 3.53. The largest absolute Gasteiger partial charge is 0.300 e. The second-order valence-corrected chi connectivity index (χ2v) is 3.12. The van der Waals surface area contributed by atoms with Gasteiger partial charge in [0.1, 0.15) is 6.17 Å². The Morgan fingerprint density at radius 2 is 2.15 bits per heavy atom. The molecular weight excluding hydrogens is 169 g/mol. The van der Waals surface area contributed by atoms with Gasteiger partial charge in [-0.3, -0.25) is 4.84 Å². The van der Waals surface area contributed by atoms with Crippen LogP contribution in [0.25, 0.3) is 0 Å². The molecule has 72 valence electrons. The summed E-state index contributed by atoms with van der Waals surface area (Å²) in [4.78, 5) is 4.49. The topological polar surface area (TPSA) is 35.2 Å². The van der Waals surface area contributed by atoms with Gasteiger partial charge in [0.2, 0.25) is 0 Å². The molecule has 0 aliphatic heterocycles. The van der Waals surface area contributed by atoms with Crippen molar-refractivity contribution in [3.05, 3.63) is 35.4 Å². The minimum absolute atomic E-state index is 0.370. The number of hydrogen-bond donors (Lipinski definition) is 1. The monoisotopic (exact) mass is 183 g/mol. The first-order valence-electron chi connectivity index (χ1n) is 4.26. The summed E-state index contributed by atoms with van der Waals surface area (Å²) in [6, 6.07) is 7.59. The zero-order valence-corrected chi connectivity index (χ0v) is 7.66. The highest BCUT2D eigenvalue weighted by atomic mass is 19.1. The number of halogens is 1. The van der Waals surface area contributed by atoms with E-state index in [1.807, 2.05) is 24.3 Å². The molecule has 1 atom stereocenters. The van der Waals surface area contributed by atoms with Crippen LogP contribution in [-0.4, -0.2) is 6.17 Å². The van der Waals surface area contributed by atoms with E-state index < -0.39 is 6.17 Å². The Morgan fingerprint density at radius 1 is 1.46 bits per heavy atom. The van der Waals surface area contributed by atoms with Crippen LogP contribution in [-0.2, 0) is 17.9 Å². The third-order valence-electron chi connectivity index (χ3n) is 1.76. The van der Waals surface area contributed by atoms with Crippen molar-refractivity contribution in [2.75, 3.05) is 0 Å². The van der Waals surface area contributed by atoms with E-state index in [-0.39, 0.29) is 0 Å². The molecule has 1 rings (SSSR count). The SMILES string of the molecule is CC(F)Cc1cccc(CON)c1. The summed E-state index contributed by atoms with van der Waals surface area (Å²) in [5.41, 5.74) is 1.95. The highest BCUT2D eigenvalue weighted by Gasteiger charge is 2.01. The molecule has 0 amide bonds. The Hall–Kier alpha value is -0.930. The van der Waals surface area contributed by atoms with Gasteiger partial charge in [-0.25, -0.2) is 10.3 Å². The molecule has 0 radical (unpaired) electrons. The van der Waals surface area contributed by atoms with E-state index in [9.17, 15) is 4.39 Å². The van der Waals surface area contributed by atoms with Gasteiger partial charge in [0.15, 0.2) is 0 Å².